The molecule has 0 fully saturated rings. The average molecular weight is 220 g/mol. The molecule has 0 amide bonds. The zero-order valence-electron chi connectivity index (χ0n) is 9.10. The van der Waals surface area contributed by atoms with Crippen LogP contribution in [0.15, 0.2) is 30.3 Å². The molecular weight excluding hydrogens is 208 g/mol. The molecule has 1 aromatic rings. The lowest BCUT2D eigenvalue weighted by Crippen LogP contribution is -2.00. The van der Waals surface area contributed by atoms with Crippen LogP contribution in [0.1, 0.15) is 15.9 Å². The van der Waals surface area contributed by atoms with Crippen LogP contribution in [0.3, 0.4) is 0 Å². The Kier molecular flexibility index (Phi) is 4.27. The van der Waals surface area contributed by atoms with E-state index in [0.29, 0.717) is 5.56 Å². The molecule has 16 heavy (non-hydrogen) atoms. The predicted octanol–water partition coefficient (Wildman–Crippen LogP) is 1.66. The molecule has 0 saturated heterocycles. The molecule has 4 heteroatoms. The van der Waals surface area contributed by atoms with Crippen LogP contribution in [-0.2, 0) is 14.3 Å². The summed E-state index contributed by atoms with van der Waals surface area (Å²) in [5.74, 6) is -0.805. The first-order valence-corrected chi connectivity index (χ1v) is 4.62. The highest BCUT2D eigenvalue weighted by atomic mass is 16.5. The summed E-state index contributed by atoms with van der Waals surface area (Å²) in [5, 5.41) is 0. The van der Waals surface area contributed by atoms with Gasteiger partial charge in [-0.1, -0.05) is 12.1 Å². The van der Waals surface area contributed by atoms with Crippen LogP contribution in [-0.4, -0.2) is 26.2 Å². The van der Waals surface area contributed by atoms with E-state index in [1.54, 1.807) is 30.3 Å². The van der Waals surface area contributed by atoms with Gasteiger partial charge in [0, 0.05) is 6.08 Å². The molecule has 0 radical (unpaired) electrons. The number of hydrogen-bond acceptors (Lipinski definition) is 4. The quantitative estimate of drug-likeness (QED) is 0.574. The summed E-state index contributed by atoms with van der Waals surface area (Å²) in [7, 11) is 2.64. The van der Waals surface area contributed by atoms with Crippen LogP contribution in [0, 0.1) is 0 Å². The molecule has 0 aliphatic carbocycles. The van der Waals surface area contributed by atoms with E-state index in [4.69, 9.17) is 0 Å². The number of hydrogen-bond donors (Lipinski definition) is 0. The van der Waals surface area contributed by atoms with Gasteiger partial charge in [-0.05, 0) is 23.8 Å². The van der Waals surface area contributed by atoms with Gasteiger partial charge in [-0.3, -0.25) is 0 Å². The van der Waals surface area contributed by atoms with Gasteiger partial charge >= 0.3 is 11.9 Å². The Hall–Kier alpha value is -2.10. The van der Waals surface area contributed by atoms with Crippen molar-refractivity contribution in [3.8, 4) is 0 Å². The van der Waals surface area contributed by atoms with Crippen LogP contribution in [0.2, 0.25) is 0 Å². The molecule has 0 aliphatic heterocycles. The smallest absolute Gasteiger partial charge is 0.337 e. The molecule has 0 bridgehead atoms. The third-order valence-electron chi connectivity index (χ3n) is 1.94. The van der Waals surface area contributed by atoms with Crippen molar-refractivity contribution in [2.24, 2.45) is 0 Å². The van der Waals surface area contributed by atoms with Gasteiger partial charge in [-0.25, -0.2) is 9.59 Å². The highest BCUT2D eigenvalue weighted by Crippen LogP contribution is 2.07. The van der Waals surface area contributed by atoms with Gasteiger partial charge in [0.1, 0.15) is 0 Å². The zero-order chi connectivity index (χ0) is 12.0. The van der Waals surface area contributed by atoms with Crippen LogP contribution in [0.5, 0.6) is 0 Å². The van der Waals surface area contributed by atoms with Gasteiger partial charge in [0.25, 0.3) is 0 Å². The molecule has 0 atom stereocenters. The Morgan fingerprint density at radius 3 is 2.19 bits per heavy atom. The third kappa shape index (κ3) is 3.24. The number of esters is 2. The highest BCUT2D eigenvalue weighted by molar-refractivity contribution is 5.90. The standard InChI is InChI=1S/C12H12O4/c1-15-11(13)8-5-9-3-6-10(7-4-9)12(14)16-2/h3-8H,1-2H3/b8-5+. The van der Waals surface area contributed by atoms with E-state index >= 15 is 0 Å². The van der Waals surface area contributed by atoms with Crippen molar-refractivity contribution in [1.82, 2.24) is 0 Å². The van der Waals surface area contributed by atoms with E-state index in [1.165, 1.54) is 20.3 Å². The molecular formula is C12H12O4. The Balaban J connectivity index is 2.75. The summed E-state index contributed by atoms with van der Waals surface area (Å²) in [6.07, 6.45) is 2.92. The largest absolute Gasteiger partial charge is 0.466 e. The summed E-state index contributed by atoms with van der Waals surface area (Å²) in [6.45, 7) is 0. The summed E-state index contributed by atoms with van der Waals surface area (Å²) < 4.78 is 9.01. The van der Waals surface area contributed by atoms with E-state index < -0.39 is 5.97 Å². The monoisotopic (exact) mass is 220 g/mol. The summed E-state index contributed by atoms with van der Waals surface area (Å²) >= 11 is 0. The highest BCUT2D eigenvalue weighted by Gasteiger charge is 2.03. The van der Waals surface area contributed by atoms with Gasteiger partial charge in [-0.2, -0.15) is 0 Å². The second-order valence-electron chi connectivity index (χ2n) is 2.97. The maximum absolute atomic E-state index is 11.1. The first-order chi connectivity index (χ1) is 7.67. The van der Waals surface area contributed by atoms with Gasteiger partial charge < -0.3 is 9.47 Å². The molecule has 0 spiro atoms. The van der Waals surface area contributed by atoms with Gasteiger partial charge in [0.05, 0.1) is 19.8 Å². The Bertz CT molecular complexity index is 404. The molecule has 0 aliphatic rings. The maximum atomic E-state index is 11.1. The van der Waals surface area contributed by atoms with E-state index in [2.05, 4.69) is 9.47 Å². The van der Waals surface area contributed by atoms with Gasteiger partial charge in [-0.15, -0.1) is 0 Å². The van der Waals surface area contributed by atoms with Crippen molar-refractivity contribution >= 4 is 18.0 Å². The van der Waals surface area contributed by atoms with Crippen LogP contribution in [0.25, 0.3) is 6.08 Å². The molecule has 0 heterocycles. The van der Waals surface area contributed by atoms with Crippen molar-refractivity contribution in [1.29, 1.82) is 0 Å². The molecule has 1 rings (SSSR count). The normalized spacial score (nSPS) is 10.1. The molecule has 0 saturated carbocycles. The predicted molar refractivity (Wildman–Crippen MR) is 58.8 cm³/mol. The fraction of sp³-hybridized carbons (Fsp3) is 0.167. The Morgan fingerprint density at radius 1 is 1.06 bits per heavy atom. The lowest BCUT2D eigenvalue weighted by Gasteiger charge is -1.99. The minimum absolute atomic E-state index is 0.386. The van der Waals surface area contributed by atoms with Crippen molar-refractivity contribution in [2.45, 2.75) is 0 Å². The average Bonchev–Trinajstić information content (AvgIpc) is 2.35. The minimum Gasteiger partial charge on any atom is -0.466 e. The lowest BCUT2D eigenvalue weighted by molar-refractivity contribution is -0.134. The van der Waals surface area contributed by atoms with Gasteiger partial charge in [0.15, 0.2) is 0 Å². The number of benzene rings is 1. The van der Waals surface area contributed by atoms with Crippen molar-refractivity contribution in [2.75, 3.05) is 14.2 Å². The zero-order valence-corrected chi connectivity index (χ0v) is 9.10. The van der Waals surface area contributed by atoms with E-state index in [0.717, 1.165) is 5.56 Å². The summed E-state index contributed by atoms with van der Waals surface area (Å²) in [5.41, 5.74) is 1.27. The van der Waals surface area contributed by atoms with E-state index in [1.807, 2.05) is 0 Å². The number of ether oxygens (including phenoxy) is 2. The molecule has 0 unspecified atom stereocenters. The van der Waals surface area contributed by atoms with Crippen molar-refractivity contribution in [3.05, 3.63) is 41.5 Å². The van der Waals surface area contributed by atoms with Gasteiger partial charge in [0.2, 0.25) is 0 Å². The Labute approximate surface area is 93.5 Å². The van der Waals surface area contributed by atoms with Crippen molar-refractivity contribution in [3.63, 3.8) is 0 Å². The van der Waals surface area contributed by atoms with Crippen molar-refractivity contribution < 1.29 is 19.1 Å². The topological polar surface area (TPSA) is 52.6 Å². The molecule has 0 N–H and O–H groups in total. The second kappa shape index (κ2) is 5.70. The fourth-order valence-corrected chi connectivity index (χ4v) is 1.08. The minimum atomic E-state index is -0.419. The molecule has 0 aromatic heterocycles. The Morgan fingerprint density at radius 2 is 1.69 bits per heavy atom. The maximum Gasteiger partial charge on any atom is 0.337 e. The van der Waals surface area contributed by atoms with E-state index in [-0.39, 0.29) is 5.97 Å². The fourth-order valence-electron chi connectivity index (χ4n) is 1.08. The third-order valence-corrected chi connectivity index (χ3v) is 1.94. The summed E-state index contributed by atoms with van der Waals surface area (Å²) in [4.78, 5) is 21.9. The van der Waals surface area contributed by atoms with Crippen LogP contribution >= 0.6 is 0 Å². The van der Waals surface area contributed by atoms with Crippen LogP contribution in [0.4, 0.5) is 0 Å². The van der Waals surface area contributed by atoms with E-state index in [9.17, 15) is 9.59 Å². The van der Waals surface area contributed by atoms with Crippen LogP contribution < -0.4 is 0 Å². The number of carbonyl (C=O) groups excluding carboxylic acids is 2. The molecule has 4 nitrogen and oxygen atoms in total. The first-order valence-electron chi connectivity index (χ1n) is 4.62. The molecule has 84 valence electrons. The molecule has 1 aromatic carbocycles. The number of carbonyl (C=O) groups is 2. The first kappa shape index (κ1) is 12.0. The lowest BCUT2D eigenvalue weighted by atomic mass is 10.1. The summed E-state index contributed by atoms with van der Waals surface area (Å²) in [6, 6.07) is 6.68. The number of methoxy groups -OCH3 is 2. The number of rotatable bonds is 3. The SMILES string of the molecule is COC(=O)/C=C/c1ccc(C(=O)OC)cc1. The second-order valence-corrected chi connectivity index (χ2v) is 2.97.